The Hall–Kier alpha value is -2.87. The predicted octanol–water partition coefficient (Wildman–Crippen LogP) is 4.02. The van der Waals surface area contributed by atoms with Crippen LogP contribution in [-0.2, 0) is 24.3 Å². The van der Waals surface area contributed by atoms with E-state index in [1.807, 2.05) is 42.7 Å². The van der Waals surface area contributed by atoms with Gasteiger partial charge in [0.15, 0.2) is 11.0 Å². The van der Waals surface area contributed by atoms with Crippen molar-refractivity contribution in [3.05, 3.63) is 40.3 Å². The molecule has 0 bridgehead atoms. The number of hydrogen-bond acceptors (Lipinski definition) is 8. The predicted molar refractivity (Wildman–Crippen MR) is 131 cm³/mol. The Bertz CT molecular complexity index is 1200. The summed E-state index contributed by atoms with van der Waals surface area (Å²) in [6.07, 6.45) is 0.835. The van der Waals surface area contributed by atoms with Gasteiger partial charge in [0.25, 0.3) is 0 Å². The number of nitriles is 1. The molecule has 1 aromatic carbocycles. The van der Waals surface area contributed by atoms with E-state index in [1.165, 1.54) is 23.1 Å². The number of anilines is 1. The fourth-order valence-corrected chi connectivity index (χ4v) is 5.94. The van der Waals surface area contributed by atoms with Gasteiger partial charge in [0.05, 0.1) is 23.5 Å². The molecule has 8 nitrogen and oxygen atoms in total. The average molecular weight is 483 g/mol. The topological polar surface area (TPSA) is 96.1 Å². The second-order valence-electron chi connectivity index (χ2n) is 7.62. The van der Waals surface area contributed by atoms with Crippen molar-refractivity contribution in [2.45, 2.75) is 38.5 Å². The average Bonchev–Trinajstić information content (AvgIpc) is 3.37. The van der Waals surface area contributed by atoms with Gasteiger partial charge >= 0.3 is 0 Å². The van der Waals surface area contributed by atoms with Crippen molar-refractivity contribution >= 4 is 34.0 Å². The van der Waals surface area contributed by atoms with Gasteiger partial charge in [-0.3, -0.25) is 4.79 Å². The van der Waals surface area contributed by atoms with E-state index in [1.54, 1.807) is 0 Å². The van der Waals surface area contributed by atoms with Gasteiger partial charge in [-0.25, -0.2) is 0 Å². The highest BCUT2D eigenvalue weighted by Crippen LogP contribution is 2.36. The molecule has 0 fully saturated rings. The highest BCUT2D eigenvalue weighted by Gasteiger charge is 2.24. The number of hydrogen-bond donors (Lipinski definition) is 1. The molecule has 0 radical (unpaired) electrons. The van der Waals surface area contributed by atoms with Crippen LogP contribution < -0.4 is 10.1 Å². The highest BCUT2D eigenvalue weighted by molar-refractivity contribution is 7.99. The lowest BCUT2D eigenvalue weighted by Gasteiger charge is -2.21. The first kappa shape index (κ1) is 23.3. The molecule has 0 saturated heterocycles. The molecular weight excluding hydrogens is 456 g/mol. The summed E-state index contributed by atoms with van der Waals surface area (Å²) in [5, 5.41) is 22.6. The Balaban J connectivity index is 1.48. The molecule has 0 atom stereocenters. The molecule has 10 heteroatoms. The van der Waals surface area contributed by atoms with Gasteiger partial charge in [-0.15, -0.1) is 21.5 Å². The standard InChI is InChI=1S/C23H26N6O2S2/c1-4-29-21(16-8-6-7-9-18(16)31-5-2)26-27-23(29)32-14-20(30)25-22-17(12-24)15-10-11-28(3)13-19(15)33-22/h6-9H,4-5,10-11,13-14H2,1-3H3,(H,25,30). The molecule has 0 unspecified atom stereocenters. The van der Waals surface area contributed by atoms with Crippen molar-refractivity contribution < 1.29 is 9.53 Å². The zero-order valence-corrected chi connectivity index (χ0v) is 20.6. The van der Waals surface area contributed by atoms with Crippen LogP contribution >= 0.6 is 23.1 Å². The normalized spacial score (nSPS) is 13.4. The molecule has 3 aromatic rings. The Kier molecular flexibility index (Phi) is 7.33. The molecular formula is C23H26N6O2S2. The second kappa shape index (κ2) is 10.4. The van der Waals surface area contributed by atoms with Gasteiger partial charge in [0.2, 0.25) is 5.91 Å². The van der Waals surface area contributed by atoms with Crippen LogP contribution in [0.4, 0.5) is 5.00 Å². The number of benzene rings is 1. The van der Waals surface area contributed by atoms with E-state index >= 15 is 0 Å². The number of amides is 1. The number of likely N-dealkylation sites (N-methyl/N-ethyl adjacent to an activating group) is 1. The number of rotatable bonds is 8. The Morgan fingerprint density at radius 2 is 2.15 bits per heavy atom. The van der Waals surface area contributed by atoms with E-state index < -0.39 is 0 Å². The van der Waals surface area contributed by atoms with Crippen molar-refractivity contribution in [1.82, 2.24) is 19.7 Å². The number of thioether (sulfide) groups is 1. The molecule has 1 amide bonds. The van der Waals surface area contributed by atoms with Crippen molar-refractivity contribution in [2.75, 3.05) is 31.3 Å². The van der Waals surface area contributed by atoms with Gasteiger partial charge < -0.3 is 19.5 Å². The van der Waals surface area contributed by atoms with Crippen molar-refractivity contribution in [2.24, 2.45) is 0 Å². The minimum absolute atomic E-state index is 0.162. The van der Waals surface area contributed by atoms with Crippen LogP contribution in [-0.4, -0.2) is 51.5 Å². The SMILES string of the molecule is CCOc1ccccc1-c1nnc(SCC(=O)Nc2sc3c(c2C#N)CCN(C)C3)n1CC. The largest absolute Gasteiger partial charge is 0.493 e. The maximum atomic E-state index is 12.7. The Morgan fingerprint density at radius 1 is 1.33 bits per heavy atom. The van der Waals surface area contributed by atoms with Crippen LogP contribution in [0.15, 0.2) is 29.4 Å². The summed E-state index contributed by atoms with van der Waals surface area (Å²) in [5.74, 6) is 1.49. The first-order valence-electron chi connectivity index (χ1n) is 10.9. The number of aromatic nitrogens is 3. The molecule has 1 N–H and O–H groups in total. The molecule has 0 aliphatic carbocycles. The summed E-state index contributed by atoms with van der Waals surface area (Å²) in [5.41, 5.74) is 2.55. The monoisotopic (exact) mass is 482 g/mol. The molecule has 0 saturated carbocycles. The van der Waals surface area contributed by atoms with E-state index in [9.17, 15) is 10.1 Å². The minimum atomic E-state index is -0.162. The number of nitrogens with zero attached hydrogens (tertiary/aromatic N) is 5. The van der Waals surface area contributed by atoms with Crippen molar-refractivity contribution in [3.63, 3.8) is 0 Å². The fraction of sp³-hybridized carbons (Fsp3) is 0.391. The second-order valence-corrected chi connectivity index (χ2v) is 9.67. The lowest BCUT2D eigenvalue weighted by molar-refractivity contribution is -0.113. The summed E-state index contributed by atoms with van der Waals surface area (Å²) in [4.78, 5) is 16.1. The Morgan fingerprint density at radius 3 is 2.91 bits per heavy atom. The molecule has 1 aliphatic rings. The summed E-state index contributed by atoms with van der Waals surface area (Å²) < 4.78 is 7.73. The number of thiophene rings is 1. The van der Waals surface area contributed by atoms with Crippen LogP contribution in [0.25, 0.3) is 11.4 Å². The third-order valence-electron chi connectivity index (χ3n) is 5.41. The van der Waals surface area contributed by atoms with E-state index in [4.69, 9.17) is 4.74 Å². The van der Waals surface area contributed by atoms with Crippen LogP contribution in [0.2, 0.25) is 0 Å². The summed E-state index contributed by atoms with van der Waals surface area (Å²) in [6, 6.07) is 10.0. The van der Waals surface area contributed by atoms with Gasteiger partial charge in [-0.05, 0) is 45.0 Å². The summed E-state index contributed by atoms with van der Waals surface area (Å²) in [7, 11) is 2.06. The number of fused-ring (bicyclic) bond motifs is 1. The molecule has 2 aromatic heterocycles. The molecule has 0 spiro atoms. The zero-order chi connectivity index (χ0) is 23.4. The molecule has 4 rings (SSSR count). The lowest BCUT2D eigenvalue weighted by Crippen LogP contribution is -2.25. The summed E-state index contributed by atoms with van der Waals surface area (Å²) >= 11 is 2.84. The van der Waals surface area contributed by atoms with Crippen LogP contribution in [0.1, 0.15) is 29.9 Å². The van der Waals surface area contributed by atoms with E-state index in [0.29, 0.717) is 34.7 Å². The molecule has 33 heavy (non-hydrogen) atoms. The lowest BCUT2D eigenvalue weighted by atomic mass is 10.0. The number of ether oxygens (including phenoxy) is 1. The van der Waals surface area contributed by atoms with Crippen molar-refractivity contribution in [1.29, 1.82) is 5.26 Å². The summed E-state index contributed by atoms with van der Waals surface area (Å²) in [6.45, 7) is 6.92. The number of carbonyl (C=O) groups is 1. The van der Waals surface area contributed by atoms with Crippen LogP contribution in [0, 0.1) is 11.3 Å². The van der Waals surface area contributed by atoms with Crippen molar-refractivity contribution in [3.8, 4) is 23.2 Å². The molecule has 172 valence electrons. The quantitative estimate of drug-likeness (QED) is 0.485. The number of carbonyl (C=O) groups excluding carboxylic acids is 1. The zero-order valence-electron chi connectivity index (χ0n) is 18.9. The fourth-order valence-electron chi connectivity index (χ4n) is 3.84. The highest BCUT2D eigenvalue weighted by atomic mass is 32.2. The maximum Gasteiger partial charge on any atom is 0.235 e. The minimum Gasteiger partial charge on any atom is -0.493 e. The van der Waals surface area contributed by atoms with Gasteiger partial charge in [0, 0.05) is 24.5 Å². The number of nitrogens with one attached hydrogen (secondary N) is 1. The van der Waals surface area contributed by atoms with E-state index in [-0.39, 0.29) is 11.7 Å². The number of para-hydroxylation sites is 1. The van der Waals surface area contributed by atoms with Gasteiger partial charge in [0.1, 0.15) is 16.8 Å². The van der Waals surface area contributed by atoms with Crippen LogP contribution in [0.3, 0.4) is 0 Å². The molecule has 1 aliphatic heterocycles. The third-order valence-corrected chi connectivity index (χ3v) is 7.50. The van der Waals surface area contributed by atoms with Crippen LogP contribution in [0.5, 0.6) is 5.75 Å². The maximum absolute atomic E-state index is 12.7. The Labute approximate surface area is 201 Å². The smallest absolute Gasteiger partial charge is 0.235 e. The van der Waals surface area contributed by atoms with E-state index in [2.05, 4.69) is 33.5 Å². The first-order valence-corrected chi connectivity index (χ1v) is 12.7. The first-order chi connectivity index (χ1) is 16.0. The third kappa shape index (κ3) is 4.90. The van der Waals surface area contributed by atoms with Gasteiger partial charge in [-0.1, -0.05) is 23.9 Å². The molecule has 3 heterocycles. The van der Waals surface area contributed by atoms with Gasteiger partial charge in [-0.2, -0.15) is 5.26 Å². The van der Waals surface area contributed by atoms with E-state index in [0.717, 1.165) is 41.3 Å².